The molecule has 0 spiro atoms. The van der Waals surface area contributed by atoms with Gasteiger partial charge in [0.2, 0.25) is 0 Å². The number of carbonyl (C=O) groups is 1. The molecule has 0 aliphatic carbocycles. The number of halogens is 3. The number of nitrogens with zero attached hydrogens (tertiary/aromatic N) is 1. The maximum absolute atomic E-state index is 11.9. The molecule has 0 unspecified atom stereocenters. The van der Waals surface area contributed by atoms with E-state index in [-0.39, 0.29) is 23.2 Å². The number of benzene rings is 1. The zero-order valence-electron chi connectivity index (χ0n) is 10.1. The fourth-order valence-electron chi connectivity index (χ4n) is 1.22. The molecule has 1 aromatic rings. The number of rotatable bonds is 5. The number of ketones is 1. The van der Waals surface area contributed by atoms with Crippen LogP contribution < -0.4 is 10.1 Å². The van der Waals surface area contributed by atoms with Gasteiger partial charge in [-0.2, -0.15) is 13.2 Å². The van der Waals surface area contributed by atoms with Crippen molar-refractivity contribution in [2.75, 3.05) is 12.4 Å². The number of anilines is 1. The van der Waals surface area contributed by atoms with E-state index >= 15 is 0 Å². The van der Waals surface area contributed by atoms with Crippen molar-refractivity contribution in [3.63, 3.8) is 0 Å². The van der Waals surface area contributed by atoms with E-state index in [1.54, 1.807) is 0 Å². The topological polar surface area (TPSA) is 81.5 Å². The highest BCUT2D eigenvalue weighted by molar-refractivity contribution is 5.94. The molecule has 0 bridgehead atoms. The van der Waals surface area contributed by atoms with Gasteiger partial charge in [0.15, 0.2) is 0 Å². The molecule has 1 rings (SSSR count). The first-order valence-electron chi connectivity index (χ1n) is 5.12. The Morgan fingerprint density at radius 2 is 2.10 bits per heavy atom. The summed E-state index contributed by atoms with van der Waals surface area (Å²) in [5, 5.41) is 12.9. The molecule has 108 valence electrons. The van der Waals surface area contributed by atoms with Gasteiger partial charge < -0.3 is 10.1 Å². The largest absolute Gasteiger partial charge is 0.495 e. The third-order valence-corrected chi connectivity index (χ3v) is 2.15. The summed E-state index contributed by atoms with van der Waals surface area (Å²) in [6.45, 7) is 0. The van der Waals surface area contributed by atoms with Crippen LogP contribution in [0.5, 0.6) is 5.75 Å². The van der Waals surface area contributed by atoms with Gasteiger partial charge in [-0.25, -0.2) is 0 Å². The third-order valence-electron chi connectivity index (χ3n) is 2.15. The maximum Gasteiger partial charge on any atom is 0.454 e. The number of nitro groups is 1. The molecule has 0 radical (unpaired) electrons. The van der Waals surface area contributed by atoms with Crippen LogP contribution in [0.25, 0.3) is 0 Å². The lowest BCUT2D eigenvalue weighted by molar-refractivity contribution is -0.384. The first-order valence-corrected chi connectivity index (χ1v) is 5.12. The number of non-ortho nitro benzene ring substituents is 1. The lowest BCUT2D eigenvalue weighted by Gasteiger charge is -2.07. The molecule has 0 aliphatic rings. The number of hydrogen-bond acceptors (Lipinski definition) is 5. The molecule has 0 aliphatic heterocycles. The lowest BCUT2D eigenvalue weighted by atomic mass is 10.2. The van der Waals surface area contributed by atoms with Crippen LogP contribution in [0.1, 0.15) is 0 Å². The van der Waals surface area contributed by atoms with Gasteiger partial charge >= 0.3 is 6.18 Å². The average molecular weight is 290 g/mol. The van der Waals surface area contributed by atoms with E-state index < -0.39 is 16.9 Å². The number of nitro benzene ring substituents is 1. The quantitative estimate of drug-likeness (QED) is 0.512. The van der Waals surface area contributed by atoms with Crippen LogP contribution >= 0.6 is 0 Å². The van der Waals surface area contributed by atoms with Crippen molar-refractivity contribution < 1.29 is 27.6 Å². The van der Waals surface area contributed by atoms with Crippen molar-refractivity contribution in [3.8, 4) is 5.75 Å². The molecule has 0 fully saturated rings. The molecule has 0 atom stereocenters. The van der Waals surface area contributed by atoms with Gasteiger partial charge in [0.05, 0.1) is 17.7 Å². The van der Waals surface area contributed by atoms with E-state index in [4.69, 9.17) is 4.74 Å². The monoisotopic (exact) mass is 290 g/mol. The van der Waals surface area contributed by atoms with E-state index in [1.165, 1.54) is 19.2 Å². The van der Waals surface area contributed by atoms with Gasteiger partial charge in [0.1, 0.15) is 5.75 Å². The highest BCUT2D eigenvalue weighted by atomic mass is 19.4. The number of alkyl halides is 3. The second-order valence-corrected chi connectivity index (χ2v) is 3.48. The van der Waals surface area contributed by atoms with E-state index in [2.05, 4.69) is 5.32 Å². The van der Waals surface area contributed by atoms with Gasteiger partial charge in [-0.05, 0) is 6.07 Å². The highest BCUT2D eigenvalue weighted by Crippen LogP contribution is 2.28. The zero-order valence-corrected chi connectivity index (χ0v) is 10.1. The van der Waals surface area contributed by atoms with Gasteiger partial charge in [-0.3, -0.25) is 14.9 Å². The number of methoxy groups -OCH3 is 1. The lowest BCUT2D eigenvalue weighted by Crippen LogP contribution is -2.20. The van der Waals surface area contributed by atoms with Crippen LogP contribution in [0.15, 0.2) is 30.5 Å². The molecule has 0 aromatic heterocycles. The summed E-state index contributed by atoms with van der Waals surface area (Å²) in [7, 11) is 1.29. The molecular weight excluding hydrogens is 281 g/mol. The minimum atomic E-state index is -4.97. The van der Waals surface area contributed by atoms with Gasteiger partial charge in [-0.15, -0.1) is 0 Å². The molecule has 9 heteroatoms. The van der Waals surface area contributed by atoms with Crippen molar-refractivity contribution in [3.05, 3.63) is 40.6 Å². The molecule has 1 aromatic carbocycles. The Kier molecular flexibility index (Phi) is 4.68. The first-order chi connectivity index (χ1) is 9.25. The number of allylic oxidation sites excluding steroid dienone is 1. The second kappa shape index (κ2) is 6.04. The molecule has 0 amide bonds. The fraction of sp³-hybridized carbons (Fsp3) is 0.182. The number of nitrogens with one attached hydrogen (secondary N) is 1. The van der Waals surface area contributed by atoms with Crippen LogP contribution in [-0.4, -0.2) is 24.0 Å². The minimum absolute atomic E-state index is 0.0629. The van der Waals surface area contributed by atoms with Crippen molar-refractivity contribution >= 4 is 17.2 Å². The molecule has 20 heavy (non-hydrogen) atoms. The van der Waals surface area contributed by atoms with Gasteiger partial charge in [0.25, 0.3) is 11.5 Å². The predicted octanol–water partition coefficient (Wildman–Crippen LogP) is 2.66. The normalized spacial score (nSPS) is 11.4. The summed E-state index contributed by atoms with van der Waals surface area (Å²) in [5.41, 5.74) is -0.211. The van der Waals surface area contributed by atoms with Crippen LogP contribution in [-0.2, 0) is 4.79 Å². The van der Waals surface area contributed by atoms with Crippen molar-refractivity contribution in [2.24, 2.45) is 0 Å². The summed E-state index contributed by atoms with van der Waals surface area (Å²) >= 11 is 0. The first kappa shape index (κ1) is 15.5. The SMILES string of the molecule is COc1ccc([N+](=O)[O-])cc1N/C=C\C(=O)C(F)(F)F. The van der Waals surface area contributed by atoms with Crippen LogP contribution in [0, 0.1) is 10.1 Å². The van der Waals surface area contributed by atoms with Crippen molar-refractivity contribution in [1.29, 1.82) is 0 Å². The Balaban J connectivity index is 2.91. The molecule has 0 heterocycles. The Hall–Kier alpha value is -2.58. The number of hydrogen-bond donors (Lipinski definition) is 1. The summed E-state index contributed by atoms with van der Waals surface area (Å²) < 4.78 is 40.7. The summed E-state index contributed by atoms with van der Waals surface area (Å²) in [4.78, 5) is 20.5. The van der Waals surface area contributed by atoms with E-state index in [9.17, 15) is 28.1 Å². The standard InChI is InChI=1S/C11H9F3N2O4/c1-20-9-3-2-7(16(18)19)6-8(9)15-5-4-10(17)11(12,13)14/h2-6,15H,1H3/b5-4-. The zero-order chi connectivity index (χ0) is 15.3. The van der Waals surface area contributed by atoms with E-state index in [0.717, 1.165) is 12.3 Å². The van der Waals surface area contributed by atoms with Gasteiger partial charge in [-0.1, -0.05) is 0 Å². The minimum Gasteiger partial charge on any atom is -0.495 e. The Labute approximate surface area is 111 Å². The fourth-order valence-corrected chi connectivity index (χ4v) is 1.22. The maximum atomic E-state index is 11.9. The summed E-state index contributed by atoms with van der Waals surface area (Å²) in [6.07, 6.45) is -3.96. The Morgan fingerprint density at radius 3 is 2.60 bits per heavy atom. The highest BCUT2D eigenvalue weighted by Gasteiger charge is 2.36. The Morgan fingerprint density at radius 1 is 1.45 bits per heavy atom. The molecule has 0 saturated heterocycles. The third kappa shape index (κ3) is 3.97. The molecular formula is C11H9F3N2O4. The van der Waals surface area contributed by atoms with E-state index in [1.807, 2.05) is 0 Å². The predicted molar refractivity (Wildman–Crippen MR) is 63.5 cm³/mol. The second-order valence-electron chi connectivity index (χ2n) is 3.48. The number of ether oxygens (including phenoxy) is 1. The average Bonchev–Trinajstić information content (AvgIpc) is 2.37. The van der Waals surface area contributed by atoms with Crippen molar-refractivity contribution in [2.45, 2.75) is 6.18 Å². The van der Waals surface area contributed by atoms with Gasteiger partial charge in [0, 0.05) is 24.4 Å². The molecule has 0 saturated carbocycles. The van der Waals surface area contributed by atoms with Crippen LogP contribution in [0.3, 0.4) is 0 Å². The van der Waals surface area contributed by atoms with E-state index in [0.29, 0.717) is 0 Å². The molecule has 1 N–H and O–H groups in total. The van der Waals surface area contributed by atoms with Crippen LogP contribution in [0.4, 0.5) is 24.5 Å². The summed E-state index contributed by atoms with van der Waals surface area (Å²) in [5.74, 6) is -1.87. The number of carbonyl (C=O) groups excluding carboxylic acids is 1. The van der Waals surface area contributed by atoms with Crippen LogP contribution in [0.2, 0.25) is 0 Å². The Bertz CT molecular complexity index is 555. The molecule has 6 nitrogen and oxygen atoms in total. The summed E-state index contributed by atoms with van der Waals surface area (Å²) in [6, 6.07) is 3.52. The van der Waals surface area contributed by atoms with Crippen molar-refractivity contribution in [1.82, 2.24) is 0 Å². The smallest absolute Gasteiger partial charge is 0.454 e.